The van der Waals surface area contributed by atoms with Gasteiger partial charge in [0.25, 0.3) is 0 Å². The number of rotatable bonds is 12. The van der Waals surface area contributed by atoms with E-state index in [0.717, 1.165) is 135 Å². The van der Waals surface area contributed by atoms with Crippen LogP contribution < -0.4 is 16.0 Å². The van der Waals surface area contributed by atoms with Crippen molar-refractivity contribution in [1.29, 1.82) is 0 Å². The smallest absolute Gasteiger partial charge is 0.343 e. The summed E-state index contributed by atoms with van der Waals surface area (Å²) in [6, 6.07) is 0.653. The summed E-state index contributed by atoms with van der Waals surface area (Å²) in [5.41, 5.74) is 1.09. The Labute approximate surface area is 319 Å². The molecule has 0 bridgehead atoms. The Balaban J connectivity index is 0.816. The van der Waals surface area contributed by atoms with E-state index in [1.165, 1.54) is 19.0 Å². The third-order valence-electron chi connectivity index (χ3n) is 12.6. The van der Waals surface area contributed by atoms with E-state index in [0.29, 0.717) is 35.2 Å². The molecule has 7 rings (SSSR count). The molecule has 1 atom stereocenters. The fourth-order valence-corrected chi connectivity index (χ4v) is 9.23. The molecular weight excluding hydrogens is 687 g/mol. The van der Waals surface area contributed by atoms with Crippen LogP contribution in [0.3, 0.4) is 0 Å². The van der Waals surface area contributed by atoms with Crippen LogP contribution in [0, 0.1) is 17.8 Å². The molecule has 2 aromatic rings. The Morgan fingerprint density at radius 3 is 2.11 bits per heavy atom. The fraction of sp³-hybridized carbons (Fsp3) is 0.744. The fourth-order valence-electron chi connectivity index (χ4n) is 9.23. The Bertz CT molecular complexity index is 1550. The molecular formula is C39H61N11O4. The lowest BCUT2D eigenvalue weighted by molar-refractivity contribution is -0.143. The minimum Gasteiger partial charge on any atom is -0.462 e. The van der Waals surface area contributed by atoms with E-state index in [-0.39, 0.29) is 24.5 Å². The van der Waals surface area contributed by atoms with Gasteiger partial charge in [0.15, 0.2) is 0 Å². The van der Waals surface area contributed by atoms with Gasteiger partial charge in [-0.2, -0.15) is 10.1 Å². The number of aromatic nitrogens is 4. The van der Waals surface area contributed by atoms with Crippen molar-refractivity contribution in [2.75, 3.05) is 89.2 Å². The Kier molecular flexibility index (Phi) is 13.0. The topological polar surface area (TPSA) is 153 Å². The number of hydrogen-bond acceptors (Lipinski definition) is 12. The normalized spacial score (nSPS) is 27.1. The Morgan fingerprint density at radius 1 is 0.852 bits per heavy atom. The van der Waals surface area contributed by atoms with Crippen LogP contribution in [0.1, 0.15) is 81.5 Å². The molecule has 296 valence electrons. The highest BCUT2D eigenvalue weighted by Crippen LogP contribution is 2.33. The minimum atomic E-state index is -0.442. The molecule has 0 aromatic carbocycles. The summed E-state index contributed by atoms with van der Waals surface area (Å²) < 4.78 is 6.99. The Hall–Kier alpha value is -3.82. The minimum absolute atomic E-state index is 0.0467. The zero-order valence-electron chi connectivity index (χ0n) is 32.4. The quantitative estimate of drug-likeness (QED) is 0.274. The first-order valence-corrected chi connectivity index (χ1v) is 20.6. The van der Waals surface area contributed by atoms with Crippen molar-refractivity contribution >= 4 is 35.2 Å². The van der Waals surface area contributed by atoms with E-state index in [1.54, 1.807) is 17.8 Å². The maximum absolute atomic E-state index is 13.6. The highest BCUT2D eigenvalue weighted by Gasteiger charge is 2.37. The average molecular weight is 748 g/mol. The summed E-state index contributed by atoms with van der Waals surface area (Å²) in [5, 5.41) is 14.3. The molecule has 2 saturated carbocycles. The lowest BCUT2D eigenvalue weighted by Crippen LogP contribution is -2.54. The van der Waals surface area contributed by atoms with Crippen molar-refractivity contribution in [2.45, 2.75) is 83.2 Å². The standard InChI is InChI=1S/C39H61N11O4/c1-3-54-38(53)34-26-41-39(44-32-25-42-46(2)27-32)45-35(34)43-31-8-10-33(11-9-31)48-20-22-50(23-21-48)37(52)30-6-4-29(5-7-30)36(51)49-18-16-47(17-19-49)15-13-28-12-14-40-24-28/h25-31,33,40H,3-24H2,1-2H3,(H2,41,43,44,45)/t28-,29?,30?,31?,33?/m1/s1. The molecule has 0 spiro atoms. The number of carbonyl (C=O) groups is 3. The second-order valence-corrected chi connectivity index (χ2v) is 16.1. The van der Waals surface area contributed by atoms with Gasteiger partial charge in [0.05, 0.1) is 18.5 Å². The van der Waals surface area contributed by atoms with Gasteiger partial charge in [-0.3, -0.25) is 24.1 Å². The van der Waals surface area contributed by atoms with Crippen molar-refractivity contribution in [1.82, 2.24) is 44.7 Å². The predicted octanol–water partition coefficient (Wildman–Crippen LogP) is 2.95. The zero-order chi connectivity index (χ0) is 37.4. The summed E-state index contributed by atoms with van der Waals surface area (Å²) in [5.74, 6) is 1.96. The number of nitrogens with zero attached hydrogens (tertiary/aromatic N) is 8. The maximum Gasteiger partial charge on any atom is 0.343 e. The SMILES string of the molecule is CCOC(=O)c1cnc(Nc2cnn(C)c2)nc1NC1CCC(N2CCN(C(=O)C3CCC(C(=O)N4CCN(CC[C@H]5CCNC5)CC4)CC3)CC2)CC1. The van der Waals surface area contributed by atoms with Gasteiger partial charge >= 0.3 is 5.97 Å². The number of amides is 2. The second kappa shape index (κ2) is 18.2. The van der Waals surface area contributed by atoms with Crippen molar-refractivity contribution in [3.05, 3.63) is 24.2 Å². The molecule has 2 aromatic heterocycles. The van der Waals surface area contributed by atoms with Crippen LogP contribution in [0.25, 0.3) is 0 Å². The molecule has 0 radical (unpaired) electrons. The van der Waals surface area contributed by atoms with Gasteiger partial charge in [-0.1, -0.05) is 0 Å². The number of anilines is 3. The molecule has 3 N–H and O–H groups in total. The average Bonchev–Trinajstić information content (AvgIpc) is 3.89. The van der Waals surface area contributed by atoms with Crippen LogP contribution in [-0.4, -0.2) is 148 Å². The molecule has 3 aliphatic heterocycles. The summed E-state index contributed by atoms with van der Waals surface area (Å²) in [4.78, 5) is 58.0. The predicted molar refractivity (Wildman–Crippen MR) is 206 cm³/mol. The van der Waals surface area contributed by atoms with E-state index in [1.807, 2.05) is 13.2 Å². The summed E-state index contributed by atoms with van der Waals surface area (Å²) >= 11 is 0. The van der Waals surface area contributed by atoms with Crippen molar-refractivity contribution < 1.29 is 19.1 Å². The number of hydrogen-bond donors (Lipinski definition) is 3. The lowest BCUT2D eigenvalue weighted by Gasteiger charge is -2.43. The van der Waals surface area contributed by atoms with Gasteiger partial charge in [0, 0.05) is 95.7 Å². The molecule has 0 unspecified atom stereocenters. The number of aryl methyl sites for hydroxylation is 1. The van der Waals surface area contributed by atoms with E-state index < -0.39 is 5.97 Å². The molecule has 15 nitrogen and oxygen atoms in total. The zero-order valence-corrected chi connectivity index (χ0v) is 32.4. The van der Waals surface area contributed by atoms with E-state index in [4.69, 9.17) is 4.74 Å². The van der Waals surface area contributed by atoms with Gasteiger partial charge < -0.3 is 30.5 Å². The van der Waals surface area contributed by atoms with Crippen molar-refractivity contribution in [2.24, 2.45) is 24.8 Å². The third-order valence-corrected chi connectivity index (χ3v) is 12.6. The molecule has 2 aliphatic carbocycles. The van der Waals surface area contributed by atoms with Gasteiger partial charge in [0.2, 0.25) is 17.8 Å². The van der Waals surface area contributed by atoms with E-state index >= 15 is 0 Å². The first-order valence-electron chi connectivity index (χ1n) is 20.6. The van der Waals surface area contributed by atoms with Crippen LogP contribution >= 0.6 is 0 Å². The van der Waals surface area contributed by atoms with Crippen LogP contribution in [-0.2, 0) is 21.4 Å². The van der Waals surface area contributed by atoms with E-state index in [2.05, 4.69) is 50.6 Å². The monoisotopic (exact) mass is 747 g/mol. The largest absolute Gasteiger partial charge is 0.462 e. The molecule has 54 heavy (non-hydrogen) atoms. The maximum atomic E-state index is 13.6. The van der Waals surface area contributed by atoms with Crippen LogP contribution in [0.2, 0.25) is 0 Å². The Morgan fingerprint density at radius 2 is 1.52 bits per heavy atom. The molecule has 3 saturated heterocycles. The molecule has 5 aliphatic rings. The van der Waals surface area contributed by atoms with Gasteiger partial charge in [0.1, 0.15) is 11.4 Å². The third kappa shape index (κ3) is 9.69. The lowest BCUT2D eigenvalue weighted by atomic mass is 9.80. The number of carbonyl (C=O) groups excluding carboxylic acids is 3. The summed E-state index contributed by atoms with van der Waals surface area (Å²) in [6.07, 6.45) is 14.9. The second-order valence-electron chi connectivity index (χ2n) is 16.1. The molecule has 15 heteroatoms. The van der Waals surface area contributed by atoms with Gasteiger partial charge in [-0.05, 0) is 96.7 Å². The first kappa shape index (κ1) is 38.5. The molecule has 5 heterocycles. The van der Waals surface area contributed by atoms with Crippen LogP contribution in [0.4, 0.5) is 17.5 Å². The van der Waals surface area contributed by atoms with Crippen molar-refractivity contribution in [3.8, 4) is 0 Å². The van der Waals surface area contributed by atoms with Crippen molar-refractivity contribution in [3.63, 3.8) is 0 Å². The molecule has 2 amide bonds. The van der Waals surface area contributed by atoms with E-state index in [9.17, 15) is 14.4 Å². The number of piperazine rings is 2. The number of nitrogens with one attached hydrogen (secondary N) is 3. The highest BCUT2D eigenvalue weighted by atomic mass is 16.5. The van der Waals surface area contributed by atoms with Gasteiger partial charge in [-0.25, -0.2) is 9.78 Å². The van der Waals surface area contributed by atoms with Gasteiger partial charge in [-0.15, -0.1) is 0 Å². The van der Waals surface area contributed by atoms with Crippen LogP contribution in [0.15, 0.2) is 18.6 Å². The van der Waals surface area contributed by atoms with Crippen LogP contribution in [0.5, 0.6) is 0 Å². The highest BCUT2D eigenvalue weighted by molar-refractivity contribution is 5.94. The number of ether oxygens (including phenoxy) is 1. The first-order chi connectivity index (χ1) is 26.3. The molecule has 5 fully saturated rings. The number of esters is 1. The summed E-state index contributed by atoms with van der Waals surface area (Å²) in [6.45, 7) is 12.5. The summed E-state index contributed by atoms with van der Waals surface area (Å²) in [7, 11) is 1.84.